The van der Waals surface area contributed by atoms with E-state index in [1.165, 1.54) is 11.0 Å². The summed E-state index contributed by atoms with van der Waals surface area (Å²) >= 11 is 0. The number of pyridine rings is 1. The number of carbonyl (C=O) groups is 1. The second-order valence-electron chi connectivity index (χ2n) is 9.23. The van der Waals surface area contributed by atoms with Crippen LogP contribution in [0, 0.1) is 30.4 Å². The maximum Gasteiger partial charge on any atom is 0.451 e. The summed E-state index contributed by atoms with van der Waals surface area (Å²) in [6.45, 7) is 4.74. The van der Waals surface area contributed by atoms with Crippen LogP contribution in [-0.4, -0.2) is 50.2 Å². The highest BCUT2D eigenvalue weighted by Gasteiger charge is 2.41. The Kier molecular flexibility index (Phi) is 5.64. The minimum absolute atomic E-state index is 0.0183. The van der Waals surface area contributed by atoms with Crippen LogP contribution in [0.15, 0.2) is 18.2 Å². The molecule has 0 N–H and O–H groups in total. The van der Waals surface area contributed by atoms with Gasteiger partial charge in [-0.15, -0.1) is 10.2 Å². The van der Waals surface area contributed by atoms with Crippen LogP contribution in [0.25, 0.3) is 10.9 Å². The largest absolute Gasteiger partial charge is 0.451 e. The average Bonchev–Trinajstić information content (AvgIpc) is 3.22. The van der Waals surface area contributed by atoms with E-state index in [1.54, 1.807) is 13.0 Å². The van der Waals surface area contributed by atoms with Crippen molar-refractivity contribution < 1.29 is 26.7 Å². The van der Waals surface area contributed by atoms with E-state index in [2.05, 4.69) is 15.2 Å². The van der Waals surface area contributed by atoms with Gasteiger partial charge in [0.25, 0.3) is 0 Å². The summed E-state index contributed by atoms with van der Waals surface area (Å²) in [5.74, 6) is -2.90. The van der Waals surface area contributed by atoms with Gasteiger partial charge in [0.2, 0.25) is 11.7 Å². The van der Waals surface area contributed by atoms with Crippen molar-refractivity contribution >= 4 is 22.5 Å². The van der Waals surface area contributed by atoms with Gasteiger partial charge in [0.05, 0.1) is 6.54 Å². The summed E-state index contributed by atoms with van der Waals surface area (Å²) in [5.41, 5.74) is 1.36. The Morgan fingerprint density at radius 1 is 1.09 bits per heavy atom. The van der Waals surface area contributed by atoms with E-state index in [0.717, 1.165) is 10.6 Å². The molecule has 1 saturated heterocycles. The maximum atomic E-state index is 14.4. The molecule has 7 nitrogen and oxygen atoms in total. The van der Waals surface area contributed by atoms with Gasteiger partial charge in [0, 0.05) is 54.9 Å². The molecule has 12 heteroatoms. The van der Waals surface area contributed by atoms with Gasteiger partial charge in [-0.1, -0.05) is 6.92 Å². The Morgan fingerprint density at radius 2 is 1.86 bits per heavy atom. The lowest BCUT2D eigenvalue weighted by Crippen LogP contribution is -2.49. The molecule has 0 saturated carbocycles. The van der Waals surface area contributed by atoms with Gasteiger partial charge in [-0.25, -0.2) is 13.8 Å². The number of anilines is 1. The Balaban J connectivity index is 1.33. The van der Waals surface area contributed by atoms with Crippen LogP contribution < -0.4 is 4.90 Å². The summed E-state index contributed by atoms with van der Waals surface area (Å²) in [5, 5.41) is 7.29. The van der Waals surface area contributed by atoms with E-state index in [1.807, 2.05) is 11.8 Å². The molecule has 1 amide bonds. The number of aromatic nitrogens is 4. The molecule has 5 rings (SSSR count). The molecule has 35 heavy (non-hydrogen) atoms. The first-order valence-electron chi connectivity index (χ1n) is 11.3. The lowest BCUT2D eigenvalue weighted by atomic mass is 9.85. The van der Waals surface area contributed by atoms with E-state index < -0.39 is 23.6 Å². The zero-order valence-corrected chi connectivity index (χ0v) is 19.1. The van der Waals surface area contributed by atoms with Gasteiger partial charge >= 0.3 is 6.18 Å². The monoisotopic (exact) mass is 494 g/mol. The van der Waals surface area contributed by atoms with Gasteiger partial charge < -0.3 is 14.4 Å². The number of fused-ring (bicyclic) bond motifs is 2. The quantitative estimate of drug-likeness (QED) is 0.505. The highest BCUT2D eigenvalue weighted by Crippen LogP contribution is 2.35. The first kappa shape index (κ1) is 23.4. The van der Waals surface area contributed by atoms with Gasteiger partial charge in [-0.3, -0.25) is 4.79 Å². The van der Waals surface area contributed by atoms with Crippen molar-refractivity contribution in [2.45, 2.75) is 39.5 Å². The minimum Gasteiger partial charge on any atom is -0.371 e. The highest BCUT2D eigenvalue weighted by atomic mass is 19.4. The minimum atomic E-state index is -4.60. The lowest BCUT2D eigenvalue weighted by molar-refractivity contribution is -0.148. The second kappa shape index (κ2) is 8.42. The number of halogens is 5. The highest BCUT2D eigenvalue weighted by molar-refractivity contribution is 5.92. The van der Waals surface area contributed by atoms with Crippen molar-refractivity contribution in [1.29, 1.82) is 0 Å². The third-order valence-electron chi connectivity index (χ3n) is 6.82. The van der Waals surface area contributed by atoms with Crippen molar-refractivity contribution in [2.75, 3.05) is 24.5 Å². The van der Waals surface area contributed by atoms with Crippen molar-refractivity contribution in [3.05, 3.63) is 47.2 Å². The number of aryl methyl sites for hydroxylation is 1. The third kappa shape index (κ3) is 4.19. The predicted molar refractivity (Wildman–Crippen MR) is 116 cm³/mol. The molecule has 2 aliphatic rings. The normalized spacial score (nSPS) is 20.9. The van der Waals surface area contributed by atoms with E-state index in [4.69, 9.17) is 0 Å². The zero-order chi connectivity index (χ0) is 25.1. The number of hydrogen-bond donors (Lipinski definition) is 0. The zero-order valence-electron chi connectivity index (χ0n) is 19.1. The Morgan fingerprint density at radius 3 is 2.57 bits per heavy atom. The van der Waals surface area contributed by atoms with Crippen LogP contribution in [0.1, 0.15) is 30.7 Å². The van der Waals surface area contributed by atoms with Gasteiger partial charge in [-0.05, 0) is 31.4 Å². The first-order chi connectivity index (χ1) is 16.5. The molecule has 1 fully saturated rings. The van der Waals surface area contributed by atoms with Crippen LogP contribution in [0.5, 0.6) is 0 Å². The van der Waals surface area contributed by atoms with Crippen LogP contribution in [0.2, 0.25) is 0 Å². The molecule has 2 aliphatic heterocycles. The molecule has 4 heterocycles. The predicted octanol–water partition coefficient (Wildman–Crippen LogP) is 3.94. The number of carbonyl (C=O) groups excluding carboxylic acids is 1. The molecule has 2 atom stereocenters. The summed E-state index contributed by atoms with van der Waals surface area (Å²) in [6.07, 6.45) is -4.10. The second-order valence-corrected chi connectivity index (χ2v) is 9.23. The first-order valence-corrected chi connectivity index (χ1v) is 11.3. The average molecular weight is 494 g/mol. The molecule has 3 aromatic rings. The van der Waals surface area contributed by atoms with Crippen LogP contribution in [-0.2, 0) is 24.1 Å². The topological polar surface area (TPSA) is 67.2 Å². The van der Waals surface area contributed by atoms with E-state index in [0.29, 0.717) is 36.3 Å². The number of alkyl halides is 3. The van der Waals surface area contributed by atoms with Crippen LogP contribution in [0.4, 0.5) is 27.6 Å². The fraction of sp³-hybridized carbons (Fsp3) is 0.478. The summed E-state index contributed by atoms with van der Waals surface area (Å²) in [7, 11) is 0. The van der Waals surface area contributed by atoms with Crippen molar-refractivity contribution in [3.8, 4) is 0 Å². The van der Waals surface area contributed by atoms with Gasteiger partial charge in [-0.2, -0.15) is 13.2 Å². The SMILES string of the molecule is Cc1cc(N2CC[C@H](C(=O)N3CCn4c(nnc4C(F)(F)F)C3)[C@H](C)C2)c2cc(F)cc(F)c2n1. The number of hydrogen-bond acceptors (Lipinski definition) is 5. The van der Waals surface area contributed by atoms with Gasteiger partial charge in [0.1, 0.15) is 11.3 Å². The number of piperidine rings is 1. The molecule has 1 aromatic carbocycles. The summed E-state index contributed by atoms with van der Waals surface area (Å²) in [6, 6.07) is 3.86. The third-order valence-corrected chi connectivity index (χ3v) is 6.82. The fourth-order valence-electron chi connectivity index (χ4n) is 5.14. The molecule has 186 valence electrons. The molecule has 2 aromatic heterocycles. The van der Waals surface area contributed by atoms with Crippen LogP contribution in [0.3, 0.4) is 0 Å². The standard InChI is InChI=1S/C23H23F5N6O/c1-12-10-32(18-7-13(2)29-20-16(18)8-14(24)9-17(20)25)4-3-15(12)21(35)33-5-6-34-19(11-33)30-31-22(34)23(26,27)28/h7-9,12,15H,3-6,10-11H2,1-2H3/t12-,15+/m1/s1. The number of rotatable bonds is 2. The lowest BCUT2D eigenvalue weighted by Gasteiger charge is -2.40. The Hall–Kier alpha value is -3.31. The van der Waals surface area contributed by atoms with E-state index in [9.17, 15) is 26.7 Å². The van der Waals surface area contributed by atoms with Crippen molar-refractivity contribution in [2.24, 2.45) is 11.8 Å². The van der Waals surface area contributed by atoms with Crippen LogP contribution >= 0.6 is 0 Å². The molecule has 0 spiro atoms. The number of amides is 1. The smallest absolute Gasteiger partial charge is 0.371 e. The maximum absolute atomic E-state index is 14.4. The van der Waals surface area contributed by atoms with E-state index >= 15 is 0 Å². The molecule has 0 radical (unpaired) electrons. The van der Waals surface area contributed by atoms with E-state index in [-0.39, 0.29) is 48.7 Å². The number of nitrogens with zero attached hydrogens (tertiary/aromatic N) is 6. The molecular formula is C23H23F5N6O. The van der Waals surface area contributed by atoms with Crippen molar-refractivity contribution in [1.82, 2.24) is 24.6 Å². The molecule has 0 unspecified atom stereocenters. The molecule has 0 bridgehead atoms. The fourth-order valence-corrected chi connectivity index (χ4v) is 5.14. The Bertz CT molecular complexity index is 1310. The molecular weight excluding hydrogens is 471 g/mol. The Labute approximate surface area is 197 Å². The van der Waals surface area contributed by atoms with Gasteiger partial charge in [0.15, 0.2) is 11.6 Å². The molecule has 0 aliphatic carbocycles. The summed E-state index contributed by atoms with van der Waals surface area (Å²) in [4.78, 5) is 21.1. The number of benzene rings is 1. The summed E-state index contributed by atoms with van der Waals surface area (Å²) < 4.78 is 68.6. The van der Waals surface area contributed by atoms with Crippen molar-refractivity contribution in [3.63, 3.8) is 0 Å².